The molecule has 342 valence electrons. The second-order valence-corrected chi connectivity index (χ2v) is 19.3. The van der Waals surface area contributed by atoms with E-state index >= 15 is 0 Å². The fourth-order valence-electron chi connectivity index (χ4n) is 8.96. The summed E-state index contributed by atoms with van der Waals surface area (Å²) in [6.45, 7) is 22.5. The van der Waals surface area contributed by atoms with E-state index in [4.69, 9.17) is 18.9 Å². The normalized spacial score (nSPS) is 16.4. The molecule has 4 unspecified atom stereocenters. The number of ether oxygens (including phenoxy) is 4. The number of rotatable bonds is 20. The molecule has 4 atom stereocenters. The molecule has 2 aliphatic rings. The Labute approximate surface area is 395 Å². The summed E-state index contributed by atoms with van der Waals surface area (Å²) in [5.74, 6) is 4.71. The van der Waals surface area contributed by atoms with E-state index in [0.717, 1.165) is 70.9 Å². The van der Waals surface area contributed by atoms with Crippen LogP contribution in [0.2, 0.25) is 0 Å². The first-order valence-corrected chi connectivity index (χ1v) is 24.7. The number of fused-ring (bicyclic) bond motifs is 10. The summed E-state index contributed by atoms with van der Waals surface area (Å²) in [6, 6.07) is 42.5. The largest absolute Gasteiger partial charge is 0.489 e. The molecular formula is C62H70O4. The van der Waals surface area contributed by atoms with E-state index in [1.807, 2.05) is 0 Å². The highest BCUT2D eigenvalue weighted by Gasteiger charge is 2.53. The first-order chi connectivity index (χ1) is 32.0. The zero-order valence-corrected chi connectivity index (χ0v) is 40.9. The minimum absolute atomic E-state index is 0.386. The van der Waals surface area contributed by atoms with Crippen molar-refractivity contribution < 1.29 is 18.9 Å². The summed E-state index contributed by atoms with van der Waals surface area (Å²) < 4.78 is 27.4. The molecule has 0 radical (unpaired) electrons. The van der Waals surface area contributed by atoms with Crippen LogP contribution in [0.15, 0.2) is 115 Å². The van der Waals surface area contributed by atoms with Crippen LogP contribution in [0.5, 0.6) is 23.0 Å². The molecule has 0 aromatic heterocycles. The molecule has 4 heteroatoms. The van der Waals surface area contributed by atoms with Crippen molar-refractivity contribution in [3.8, 4) is 45.3 Å². The Bertz CT molecular complexity index is 2590. The molecule has 0 saturated heterocycles. The van der Waals surface area contributed by atoms with Gasteiger partial charge in [-0.05, 0) is 134 Å². The van der Waals surface area contributed by atoms with Crippen molar-refractivity contribution >= 4 is 24.3 Å². The average Bonchev–Trinajstić information content (AvgIpc) is 3.79. The minimum atomic E-state index is -0.715. The molecule has 6 aromatic rings. The molecule has 2 aliphatic carbocycles. The van der Waals surface area contributed by atoms with Gasteiger partial charge in [-0.2, -0.15) is 0 Å². The maximum Gasteiger partial charge on any atom is 0.161 e. The molecule has 8 rings (SSSR count). The molecule has 0 bridgehead atoms. The van der Waals surface area contributed by atoms with Crippen molar-refractivity contribution in [2.45, 2.75) is 93.4 Å². The maximum absolute atomic E-state index is 6.89. The van der Waals surface area contributed by atoms with Crippen molar-refractivity contribution in [3.05, 3.63) is 165 Å². The van der Waals surface area contributed by atoms with Crippen molar-refractivity contribution in [3.63, 3.8) is 0 Å². The second-order valence-electron chi connectivity index (χ2n) is 19.3. The number of hydrogen-bond donors (Lipinski definition) is 0. The van der Waals surface area contributed by atoms with E-state index in [-0.39, 0.29) is 0 Å². The molecular weight excluding hydrogens is 809 g/mol. The molecule has 0 saturated carbocycles. The Hall–Kier alpha value is -6.00. The lowest BCUT2D eigenvalue weighted by Gasteiger charge is -2.32. The van der Waals surface area contributed by atoms with Crippen LogP contribution in [0.25, 0.3) is 46.6 Å². The van der Waals surface area contributed by atoms with Gasteiger partial charge in [0.1, 0.15) is 0 Å². The zero-order chi connectivity index (χ0) is 46.4. The minimum Gasteiger partial charge on any atom is -0.489 e. The fourth-order valence-corrected chi connectivity index (χ4v) is 8.96. The number of benzene rings is 6. The molecule has 0 fully saturated rings. The third-order valence-electron chi connectivity index (χ3n) is 14.1. The van der Waals surface area contributed by atoms with E-state index < -0.39 is 5.41 Å². The summed E-state index contributed by atoms with van der Waals surface area (Å²) in [5, 5.41) is 0. The van der Waals surface area contributed by atoms with Gasteiger partial charge < -0.3 is 18.9 Å². The van der Waals surface area contributed by atoms with Gasteiger partial charge in [-0.15, -0.1) is 0 Å². The first-order valence-electron chi connectivity index (χ1n) is 24.7. The van der Waals surface area contributed by atoms with Crippen molar-refractivity contribution in [1.82, 2.24) is 0 Å². The predicted molar refractivity (Wildman–Crippen MR) is 278 cm³/mol. The van der Waals surface area contributed by atoms with Crippen LogP contribution in [-0.4, -0.2) is 26.4 Å². The van der Waals surface area contributed by atoms with Gasteiger partial charge in [-0.25, -0.2) is 0 Å². The maximum atomic E-state index is 6.89. The molecule has 0 aliphatic heterocycles. The van der Waals surface area contributed by atoms with Gasteiger partial charge in [0.25, 0.3) is 0 Å². The number of hydrogen-bond acceptors (Lipinski definition) is 4. The topological polar surface area (TPSA) is 36.9 Å². The Balaban J connectivity index is 1.43. The van der Waals surface area contributed by atoms with Gasteiger partial charge in [0.15, 0.2) is 23.0 Å². The predicted octanol–water partition coefficient (Wildman–Crippen LogP) is 16.4. The zero-order valence-electron chi connectivity index (χ0n) is 40.9. The molecule has 0 amide bonds. The summed E-state index contributed by atoms with van der Waals surface area (Å²) >= 11 is 0. The highest BCUT2D eigenvalue weighted by molar-refractivity contribution is 5.97. The van der Waals surface area contributed by atoms with Crippen LogP contribution in [0.4, 0.5) is 0 Å². The van der Waals surface area contributed by atoms with E-state index in [1.54, 1.807) is 0 Å². The van der Waals surface area contributed by atoms with Gasteiger partial charge in [-0.3, -0.25) is 0 Å². The van der Waals surface area contributed by atoms with Crippen LogP contribution in [-0.2, 0) is 5.41 Å². The van der Waals surface area contributed by atoms with Gasteiger partial charge in [-0.1, -0.05) is 190 Å². The quantitative estimate of drug-likeness (QED) is 0.0715. The lowest BCUT2D eigenvalue weighted by atomic mass is 9.70. The van der Waals surface area contributed by atoms with Gasteiger partial charge in [0.05, 0.1) is 31.8 Å². The third-order valence-corrected chi connectivity index (χ3v) is 14.1. The van der Waals surface area contributed by atoms with Crippen molar-refractivity contribution in [2.75, 3.05) is 26.4 Å². The Morgan fingerprint density at radius 1 is 0.379 bits per heavy atom. The number of aryl methyl sites for hydroxylation is 1. The van der Waals surface area contributed by atoms with Crippen molar-refractivity contribution in [1.29, 1.82) is 0 Å². The van der Waals surface area contributed by atoms with Crippen LogP contribution >= 0.6 is 0 Å². The van der Waals surface area contributed by atoms with E-state index in [1.165, 1.54) is 50.1 Å². The average molecular weight is 879 g/mol. The molecule has 0 N–H and O–H groups in total. The van der Waals surface area contributed by atoms with Crippen LogP contribution < -0.4 is 18.9 Å². The highest BCUT2D eigenvalue weighted by Crippen LogP contribution is 2.65. The fraction of sp³-hybridized carbons (Fsp3) is 0.355. The third kappa shape index (κ3) is 9.61. The Morgan fingerprint density at radius 2 is 0.712 bits per heavy atom. The Kier molecular flexibility index (Phi) is 14.6. The summed E-state index contributed by atoms with van der Waals surface area (Å²) in [5.41, 5.74) is 14.7. The monoisotopic (exact) mass is 879 g/mol. The summed E-state index contributed by atoms with van der Waals surface area (Å²) in [4.78, 5) is 0. The Morgan fingerprint density at radius 3 is 1.11 bits per heavy atom. The smallest absolute Gasteiger partial charge is 0.161 e. The van der Waals surface area contributed by atoms with Crippen LogP contribution in [0.1, 0.15) is 131 Å². The second kappa shape index (κ2) is 20.7. The van der Waals surface area contributed by atoms with E-state index in [2.05, 4.69) is 202 Å². The molecule has 0 heterocycles. The molecule has 4 nitrogen and oxygen atoms in total. The summed E-state index contributed by atoms with van der Waals surface area (Å²) in [6.07, 6.45) is 13.1. The van der Waals surface area contributed by atoms with E-state index in [9.17, 15) is 0 Å². The van der Waals surface area contributed by atoms with Gasteiger partial charge in [0.2, 0.25) is 0 Å². The van der Waals surface area contributed by atoms with Gasteiger partial charge >= 0.3 is 0 Å². The van der Waals surface area contributed by atoms with Crippen molar-refractivity contribution in [2.24, 2.45) is 23.7 Å². The highest BCUT2D eigenvalue weighted by atomic mass is 16.5. The molecule has 6 aromatic carbocycles. The standard InChI is InChI=1S/C62H70O4/c1-10-41(5)37-63-58-33-52-53-34-59(64-38-42(6)11-2)61(66-40-44(8)13-4)36-57(53)62(56(52)35-60(58)65-39-43(7)12-3)54-31-48(25-23-46-17-15-14-16-18-46)27-29-50(54)51-30-28-49(32-55(51)62)26-24-47-21-19-45(9)20-22-47/h14-36,41-44H,10-13,37-40H2,1-9H3/b25-23+,26-24+. The molecule has 1 spiro atoms. The first kappa shape index (κ1) is 46.5. The summed E-state index contributed by atoms with van der Waals surface area (Å²) in [7, 11) is 0. The van der Waals surface area contributed by atoms with Crippen LogP contribution in [0.3, 0.4) is 0 Å². The lowest BCUT2D eigenvalue weighted by molar-refractivity contribution is 0.217. The van der Waals surface area contributed by atoms with Gasteiger partial charge in [0, 0.05) is 0 Å². The lowest BCUT2D eigenvalue weighted by Crippen LogP contribution is -2.26. The molecule has 66 heavy (non-hydrogen) atoms. The SMILES string of the molecule is CCC(C)COc1cc2c(cc1OCC(C)CC)C1(c3cc(/C=C/c4ccccc4)ccc3-c3ccc(/C=C/c4ccc(C)cc4)cc31)c1cc(OCC(C)CC)c(OCC(C)CC)cc1-2. The van der Waals surface area contributed by atoms with Crippen LogP contribution in [0, 0.1) is 30.6 Å². The van der Waals surface area contributed by atoms with E-state index in [0.29, 0.717) is 50.1 Å².